The maximum absolute atomic E-state index is 14.1. The number of hydrogen-bond acceptors (Lipinski definition) is 5. The fraction of sp³-hybridized carbons (Fsp3) is 0.333. The first-order chi connectivity index (χ1) is 9.22. The van der Waals surface area contributed by atoms with Gasteiger partial charge in [-0.3, -0.25) is 5.84 Å². The Hall–Kier alpha value is -1.99. The number of methoxy groups -OCH3 is 1. The first-order valence-corrected chi connectivity index (χ1v) is 5.89. The van der Waals surface area contributed by atoms with E-state index in [1.54, 1.807) is 16.8 Å². The van der Waals surface area contributed by atoms with Crippen molar-refractivity contribution in [2.75, 3.05) is 7.11 Å². The van der Waals surface area contributed by atoms with Crippen molar-refractivity contribution in [2.45, 2.75) is 19.5 Å². The topological polar surface area (TPSA) is 78.0 Å². The van der Waals surface area contributed by atoms with Crippen LogP contribution in [0.1, 0.15) is 24.4 Å². The van der Waals surface area contributed by atoms with Crippen LogP contribution in [0.15, 0.2) is 24.5 Å². The van der Waals surface area contributed by atoms with Crippen LogP contribution in [0.3, 0.4) is 0 Å². The Kier molecular flexibility index (Phi) is 4.08. The lowest BCUT2D eigenvalue weighted by Crippen LogP contribution is -2.32. The number of nitrogens with two attached hydrogens (primary N) is 1. The molecule has 2 rings (SSSR count). The van der Waals surface area contributed by atoms with Crippen LogP contribution in [0.4, 0.5) is 4.39 Å². The zero-order valence-corrected chi connectivity index (χ0v) is 10.8. The Morgan fingerprint density at radius 2 is 2.32 bits per heavy atom. The lowest BCUT2D eigenvalue weighted by atomic mass is 10.0. The second-order valence-corrected chi connectivity index (χ2v) is 3.89. The third kappa shape index (κ3) is 2.42. The number of benzene rings is 1. The van der Waals surface area contributed by atoms with E-state index < -0.39 is 11.9 Å². The van der Waals surface area contributed by atoms with Crippen LogP contribution in [0.25, 0.3) is 0 Å². The van der Waals surface area contributed by atoms with E-state index in [0.717, 1.165) is 0 Å². The van der Waals surface area contributed by atoms with E-state index >= 15 is 0 Å². The van der Waals surface area contributed by atoms with Crippen LogP contribution < -0.4 is 16.0 Å². The van der Waals surface area contributed by atoms with Gasteiger partial charge in [0.25, 0.3) is 0 Å². The molecule has 0 aliphatic carbocycles. The van der Waals surface area contributed by atoms with Crippen LogP contribution >= 0.6 is 0 Å². The van der Waals surface area contributed by atoms with Gasteiger partial charge in [0.1, 0.15) is 29.8 Å². The standard InChI is InChI=1S/C12H16FN5O/c1-3-18-12(15-7-16-18)11(17-14)10-8(13)5-4-6-9(10)19-2/h4-7,11,17H,3,14H2,1-2H3. The molecule has 0 fully saturated rings. The highest BCUT2D eigenvalue weighted by Crippen LogP contribution is 2.30. The molecule has 1 aromatic heterocycles. The lowest BCUT2D eigenvalue weighted by Gasteiger charge is -2.19. The third-order valence-corrected chi connectivity index (χ3v) is 2.89. The summed E-state index contributed by atoms with van der Waals surface area (Å²) in [5.41, 5.74) is 2.88. The second kappa shape index (κ2) is 5.77. The molecule has 19 heavy (non-hydrogen) atoms. The third-order valence-electron chi connectivity index (χ3n) is 2.89. The Balaban J connectivity index is 2.54. The van der Waals surface area contributed by atoms with Crippen LogP contribution in [-0.4, -0.2) is 21.9 Å². The van der Waals surface area contributed by atoms with E-state index in [9.17, 15) is 4.39 Å². The number of rotatable bonds is 5. The molecule has 2 aromatic rings. The largest absolute Gasteiger partial charge is 0.496 e. The minimum atomic E-state index is -0.626. The number of aromatic nitrogens is 3. The Morgan fingerprint density at radius 3 is 2.95 bits per heavy atom. The molecule has 6 nitrogen and oxygen atoms in total. The summed E-state index contributed by atoms with van der Waals surface area (Å²) in [5.74, 6) is 6.10. The van der Waals surface area contributed by atoms with Gasteiger partial charge in [0.15, 0.2) is 0 Å². The van der Waals surface area contributed by atoms with Gasteiger partial charge in [0, 0.05) is 6.54 Å². The second-order valence-electron chi connectivity index (χ2n) is 3.89. The smallest absolute Gasteiger partial charge is 0.150 e. The number of nitrogens with one attached hydrogen (secondary N) is 1. The normalized spacial score (nSPS) is 12.4. The molecule has 0 saturated heterocycles. The summed E-state index contributed by atoms with van der Waals surface area (Å²) in [6.07, 6.45) is 1.41. The summed E-state index contributed by atoms with van der Waals surface area (Å²) < 4.78 is 20.9. The summed E-state index contributed by atoms with van der Waals surface area (Å²) >= 11 is 0. The number of nitrogens with zero attached hydrogens (tertiary/aromatic N) is 3. The van der Waals surface area contributed by atoms with Crippen molar-refractivity contribution in [3.63, 3.8) is 0 Å². The van der Waals surface area contributed by atoms with Crippen molar-refractivity contribution >= 4 is 0 Å². The van der Waals surface area contributed by atoms with Crippen molar-refractivity contribution < 1.29 is 9.13 Å². The van der Waals surface area contributed by atoms with Gasteiger partial charge in [-0.1, -0.05) is 6.07 Å². The molecular weight excluding hydrogens is 249 g/mol. The minimum Gasteiger partial charge on any atom is -0.496 e. The predicted octanol–water partition coefficient (Wildman–Crippen LogP) is 0.998. The highest BCUT2D eigenvalue weighted by atomic mass is 19.1. The van der Waals surface area contributed by atoms with Gasteiger partial charge < -0.3 is 4.74 Å². The van der Waals surface area contributed by atoms with Crippen molar-refractivity contribution in [1.82, 2.24) is 20.2 Å². The zero-order valence-electron chi connectivity index (χ0n) is 10.8. The molecule has 1 atom stereocenters. The van der Waals surface area contributed by atoms with E-state index in [1.165, 1.54) is 19.5 Å². The maximum atomic E-state index is 14.1. The number of hydrogen-bond donors (Lipinski definition) is 2. The Bertz CT molecular complexity index is 557. The summed E-state index contributed by atoms with van der Waals surface area (Å²) in [5, 5.41) is 4.06. The highest BCUT2D eigenvalue weighted by molar-refractivity contribution is 5.39. The molecule has 1 heterocycles. The predicted molar refractivity (Wildman–Crippen MR) is 67.8 cm³/mol. The van der Waals surface area contributed by atoms with E-state index in [4.69, 9.17) is 10.6 Å². The van der Waals surface area contributed by atoms with Crippen LogP contribution in [-0.2, 0) is 6.54 Å². The molecule has 7 heteroatoms. The molecular formula is C12H16FN5O. The van der Waals surface area contributed by atoms with E-state index in [1.807, 2.05) is 6.92 Å². The first kappa shape index (κ1) is 13.4. The number of halogens is 1. The van der Waals surface area contributed by atoms with Crippen molar-refractivity contribution in [2.24, 2.45) is 5.84 Å². The molecule has 1 unspecified atom stereocenters. The number of aryl methyl sites for hydroxylation is 1. The molecule has 0 aliphatic rings. The average molecular weight is 265 g/mol. The first-order valence-electron chi connectivity index (χ1n) is 5.89. The molecule has 1 aromatic carbocycles. The van der Waals surface area contributed by atoms with Crippen LogP contribution in [0, 0.1) is 5.82 Å². The fourth-order valence-electron chi connectivity index (χ4n) is 2.00. The maximum Gasteiger partial charge on any atom is 0.150 e. The lowest BCUT2D eigenvalue weighted by molar-refractivity contribution is 0.393. The molecule has 0 aliphatic heterocycles. The minimum absolute atomic E-state index is 0.315. The summed E-state index contributed by atoms with van der Waals surface area (Å²) in [4.78, 5) is 4.14. The van der Waals surface area contributed by atoms with Gasteiger partial charge in [0.05, 0.1) is 12.7 Å². The van der Waals surface area contributed by atoms with Crippen LogP contribution in [0.2, 0.25) is 0 Å². The molecule has 102 valence electrons. The zero-order chi connectivity index (χ0) is 13.8. The van der Waals surface area contributed by atoms with Gasteiger partial charge >= 0.3 is 0 Å². The molecule has 0 bridgehead atoms. The van der Waals surface area contributed by atoms with E-state index in [-0.39, 0.29) is 0 Å². The number of hydrazine groups is 1. The SMILES string of the molecule is CCn1ncnc1C(NN)c1c(F)cccc1OC. The fourth-order valence-corrected chi connectivity index (χ4v) is 2.00. The number of ether oxygens (including phenoxy) is 1. The van der Waals surface area contributed by atoms with Gasteiger partial charge in [-0.2, -0.15) is 5.10 Å². The Labute approximate surface area is 110 Å². The van der Waals surface area contributed by atoms with Crippen molar-refractivity contribution in [3.05, 3.63) is 41.7 Å². The molecule has 0 amide bonds. The van der Waals surface area contributed by atoms with Crippen LogP contribution in [0.5, 0.6) is 5.75 Å². The molecule has 0 spiro atoms. The molecule has 0 saturated carbocycles. The van der Waals surface area contributed by atoms with Gasteiger partial charge in [-0.05, 0) is 19.1 Å². The van der Waals surface area contributed by atoms with E-state index in [2.05, 4.69) is 15.5 Å². The van der Waals surface area contributed by atoms with E-state index in [0.29, 0.717) is 23.7 Å². The van der Waals surface area contributed by atoms with Gasteiger partial charge in [0.2, 0.25) is 0 Å². The quantitative estimate of drug-likeness (QED) is 0.623. The van der Waals surface area contributed by atoms with Gasteiger partial charge in [-0.15, -0.1) is 0 Å². The van der Waals surface area contributed by atoms with Gasteiger partial charge in [-0.25, -0.2) is 19.5 Å². The van der Waals surface area contributed by atoms with Crippen molar-refractivity contribution in [1.29, 1.82) is 0 Å². The average Bonchev–Trinajstić information content (AvgIpc) is 2.89. The highest BCUT2D eigenvalue weighted by Gasteiger charge is 2.25. The molecule has 0 radical (unpaired) electrons. The Morgan fingerprint density at radius 1 is 1.53 bits per heavy atom. The molecule has 3 N–H and O–H groups in total. The monoisotopic (exact) mass is 265 g/mol. The summed E-state index contributed by atoms with van der Waals surface area (Å²) in [6.45, 7) is 2.54. The van der Waals surface area contributed by atoms with Crippen molar-refractivity contribution in [3.8, 4) is 5.75 Å². The summed E-state index contributed by atoms with van der Waals surface area (Å²) in [6, 6.07) is 3.98. The summed E-state index contributed by atoms with van der Waals surface area (Å²) in [7, 11) is 1.48.